The summed E-state index contributed by atoms with van der Waals surface area (Å²) >= 11 is 0. The standard InChI is InChI=1S/C11H15N3O3/c15-8(7-2-1-3-7)14-5-4-11(6-14)9(16)12-10(17)13-11/h7H,1-6H2,(H2,12,13,16,17). The van der Waals surface area contributed by atoms with E-state index in [9.17, 15) is 14.4 Å². The lowest BCUT2D eigenvalue weighted by Gasteiger charge is -2.29. The molecular weight excluding hydrogens is 222 g/mol. The highest BCUT2D eigenvalue weighted by molar-refractivity contribution is 6.07. The molecule has 0 aromatic heterocycles. The maximum atomic E-state index is 12.0. The van der Waals surface area contributed by atoms with Gasteiger partial charge in [-0.15, -0.1) is 0 Å². The highest BCUT2D eigenvalue weighted by Crippen LogP contribution is 2.32. The molecule has 2 saturated heterocycles. The number of nitrogens with one attached hydrogen (secondary N) is 2. The maximum Gasteiger partial charge on any atom is 0.322 e. The molecule has 1 atom stereocenters. The average Bonchev–Trinajstić information content (AvgIpc) is 2.70. The van der Waals surface area contributed by atoms with Crippen LogP contribution in [0.3, 0.4) is 0 Å². The summed E-state index contributed by atoms with van der Waals surface area (Å²) in [4.78, 5) is 36.6. The van der Waals surface area contributed by atoms with Gasteiger partial charge in [0.15, 0.2) is 0 Å². The fourth-order valence-corrected chi connectivity index (χ4v) is 2.73. The van der Waals surface area contributed by atoms with Crippen molar-refractivity contribution in [3.63, 3.8) is 0 Å². The Morgan fingerprint density at radius 3 is 2.65 bits per heavy atom. The summed E-state index contributed by atoms with van der Waals surface area (Å²) in [5.41, 5.74) is -0.865. The maximum absolute atomic E-state index is 12.0. The highest BCUT2D eigenvalue weighted by Gasteiger charge is 2.52. The molecular formula is C11H15N3O3. The Labute approximate surface area is 98.7 Å². The molecule has 0 aromatic rings. The molecule has 0 radical (unpaired) electrons. The van der Waals surface area contributed by atoms with Crippen LogP contribution >= 0.6 is 0 Å². The van der Waals surface area contributed by atoms with Crippen LogP contribution in [0.25, 0.3) is 0 Å². The molecule has 1 aliphatic carbocycles. The highest BCUT2D eigenvalue weighted by atomic mass is 16.2. The number of carbonyl (C=O) groups excluding carboxylic acids is 3. The molecule has 92 valence electrons. The number of rotatable bonds is 1. The predicted octanol–water partition coefficient (Wildman–Crippen LogP) is -0.403. The molecule has 4 amide bonds. The molecule has 3 fully saturated rings. The molecule has 1 spiro atoms. The third-order valence-electron chi connectivity index (χ3n) is 4.05. The lowest BCUT2D eigenvalue weighted by molar-refractivity contribution is -0.137. The zero-order valence-electron chi connectivity index (χ0n) is 9.49. The van der Waals surface area contributed by atoms with Gasteiger partial charge in [0.25, 0.3) is 5.91 Å². The van der Waals surface area contributed by atoms with Crippen LogP contribution in [-0.4, -0.2) is 41.4 Å². The molecule has 2 heterocycles. The molecule has 0 bridgehead atoms. The minimum Gasteiger partial charge on any atom is -0.339 e. The first-order valence-electron chi connectivity index (χ1n) is 6.03. The van der Waals surface area contributed by atoms with E-state index in [4.69, 9.17) is 0 Å². The van der Waals surface area contributed by atoms with Gasteiger partial charge in [0, 0.05) is 12.5 Å². The van der Waals surface area contributed by atoms with E-state index in [-0.39, 0.29) is 17.7 Å². The number of amides is 4. The number of hydrogen-bond acceptors (Lipinski definition) is 3. The SMILES string of the molecule is O=C1NC(=O)C2(CCN(C(=O)C3CCC3)C2)N1. The van der Waals surface area contributed by atoms with Crippen LogP contribution in [0, 0.1) is 5.92 Å². The lowest BCUT2D eigenvalue weighted by Crippen LogP contribution is -2.50. The van der Waals surface area contributed by atoms with E-state index in [2.05, 4.69) is 10.6 Å². The van der Waals surface area contributed by atoms with Gasteiger partial charge < -0.3 is 10.2 Å². The number of likely N-dealkylation sites (tertiary alicyclic amines) is 1. The van der Waals surface area contributed by atoms with Crippen molar-refractivity contribution in [2.45, 2.75) is 31.2 Å². The smallest absolute Gasteiger partial charge is 0.322 e. The normalized spacial score (nSPS) is 32.6. The van der Waals surface area contributed by atoms with Crippen molar-refractivity contribution in [2.24, 2.45) is 5.92 Å². The first-order valence-corrected chi connectivity index (χ1v) is 6.03. The predicted molar refractivity (Wildman–Crippen MR) is 57.9 cm³/mol. The van der Waals surface area contributed by atoms with Gasteiger partial charge in [-0.25, -0.2) is 4.79 Å². The van der Waals surface area contributed by atoms with Crippen molar-refractivity contribution in [1.82, 2.24) is 15.5 Å². The summed E-state index contributed by atoms with van der Waals surface area (Å²) < 4.78 is 0. The second kappa shape index (κ2) is 3.45. The summed E-state index contributed by atoms with van der Waals surface area (Å²) in [6.45, 7) is 0.878. The second-order valence-electron chi connectivity index (χ2n) is 5.13. The lowest BCUT2D eigenvalue weighted by atomic mass is 9.84. The van der Waals surface area contributed by atoms with Gasteiger partial charge in [-0.3, -0.25) is 14.9 Å². The van der Waals surface area contributed by atoms with Gasteiger partial charge in [-0.05, 0) is 19.3 Å². The molecule has 1 unspecified atom stereocenters. The third-order valence-corrected chi connectivity index (χ3v) is 4.05. The Bertz CT molecular complexity index is 405. The van der Waals surface area contributed by atoms with E-state index in [1.54, 1.807) is 4.90 Å². The number of hydrogen-bond donors (Lipinski definition) is 2. The van der Waals surface area contributed by atoms with E-state index < -0.39 is 11.6 Å². The summed E-state index contributed by atoms with van der Waals surface area (Å²) in [5, 5.41) is 4.88. The number of nitrogens with zero attached hydrogens (tertiary/aromatic N) is 1. The van der Waals surface area contributed by atoms with Gasteiger partial charge in [-0.2, -0.15) is 0 Å². The van der Waals surface area contributed by atoms with Gasteiger partial charge in [0.05, 0.1) is 6.54 Å². The van der Waals surface area contributed by atoms with Crippen LogP contribution in [0.4, 0.5) is 4.79 Å². The molecule has 6 heteroatoms. The van der Waals surface area contributed by atoms with Crippen molar-refractivity contribution in [3.05, 3.63) is 0 Å². The quantitative estimate of drug-likeness (QED) is 0.609. The van der Waals surface area contributed by atoms with Crippen molar-refractivity contribution < 1.29 is 14.4 Å². The molecule has 17 heavy (non-hydrogen) atoms. The van der Waals surface area contributed by atoms with Crippen LogP contribution in [-0.2, 0) is 9.59 Å². The van der Waals surface area contributed by atoms with Gasteiger partial charge in [-0.1, -0.05) is 6.42 Å². The first-order chi connectivity index (χ1) is 8.11. The second-order valence-corrected chi connectivity index (χ2v) is 5.13. The Balaban J connectivity index is 1.70. The molecule has 2 aliphatic heterocycles. The van der Waals surface area contributed by atoms with Crippen LogP contribution in [0.1, 0.15) is 25.7 Å². The average molecular weight is 237 g/mol. The van der Waals surface area contributed by atoms with Gasteiger partial charge in [0.1, 0.15) is 5.54 Å². The Hall–Kier alpha value is -1.59. The van der Waals surface area contributed by atoms with Crippen molar-refractivity contribution in [2.75, 3.05) is 13.1 Å². The van der Waals surface area contributed by atoms with Gasteiger partial charge >= 0.3 is 6.03 Å². The third kappa shape index (κ3) is 1.50. The van der Waals surface area contributed by atoms with Crippen molar-refractivity contribution in [1.29, 1.82) is 0 Å². The number of urea groups is 1. The zero-order chi connectivity index (χ0) is 12.0. The van der Waals surface area contributed by atoms with E-state index in [0.717, 1.165) is 19.3 Å². The Morgan fingerprint density at radius 2 is 2.12 bits per heavy atom. The van der Waals surface area contributed by atoms with Crippen LogP contribution in [0.2, 0.25) is 0 Å². The number of carbonyl (C=O) groups is 3. The van der Waals surface area contributed by atoms with E-state index >= 15 is 0 Å². The fourth-order valence-electron chi connectivity index (χ4n) is 2.73. The Kier molecular flexibility index (Phi) is 2.14. The fraction of sp³-hybridized carbons (Fsp3) is 0.727. The van der Waals surface area contributed by atoms with Crippen molar-refractivity contribution in [3.8, 4) is 0 Å². The van der Waals surface area contributed by atoms with Crippen molar-refractivity contribution >= 4 is 17.8 Å². The minimum atomic E-state index is -0.865. The monoisotopic (exact) mass is 237 g/mol. The summed E-state index contributed by atoms with van der Waals surface area (Å²) in [6, 6.07) is -0.451. The Morgan fingerprint density at radius 1 is 1.35 bits per heavy atom. The molecule has 3 rings (SSSR count). The molecule has 6 nitrogen and oxygen atoms in total. The zero-order valence-corrected chi connectivity index (χ0v) is 9.49. The molecule has 2 N–H and O–H groups in total. The summed E-state index contributed by atoms with van der Waals surface area (Å²) in [6.07, 6.45) is 3.55. The summed E-state index contributed by atoms with van der Waals surface area (Å²) in [5.74, 6) is -0.0150. The van der Waals surface area contributed by atoms with E-state index in [1.165, 1.54) is 0 Å². The minimum absolute atomic E-state index is 0.141. The molecule has 1 saturated carbocycles. The van der Waals surface area contributed by atoms with E-state index in [0.29, 0.717) is 19.5 Å². The van der Waals surface area contributed by atoms with Crippen LogP contribution in [0.15, 0.2) is 0 Å². The van der Waals surface area contributed by atoms with E-state index in [1.807, 2.05) is 0 Å². The molecule has 3 aliphatic rings. The largest absolute Gasteiger partial charge is 0.339 e. The van der Waals surface area contributed by atoms with Crippen LogP contribution in [0.5, 0.6) is 0 Å². The molecule has 0 aromatic carbocycles. The summed E-state index contributed by atoms with van der Waals surface area (Å²) in [7, 11) is 0. The first kappa shape index (κ1) is 10.6. The topological polar surface area (TPSA) is 78.5 Å². The van der Waals surface area contributed by atoms with Crippen LogP contribution < -0.4 is 10.6 Å². The number of imide groups is 1. The van der Waals surface area contributed by atoms with Gasteiger partial charge in [0.2, 0.25) is 5.91 Å².